The summed E-state index contributed by atoms with van der Waals surface area (Å²) < 4.78 is 0. The van der Waals surface area contributed by atoms with E-state index in [1.165, 1.54) is 0 Å². The lowest BCUT2D eigenvalue weighted by molar-refractivity contribution is 0.517. The third-order valence-corrected chi connectivity index (χ3v) is 1.92. The zero-order valence-electron chi connectivity index (χ0n) is 7.81. The highest BCUT2D eigenvalue weighted by molar-refractivity contribution is 6.06. The van der Waals surface area contributed by atoms with E-state index in [1.54, 1.807) is 6.08 Å². The van der Waals surface area contributed by atoms with Crippen molar-refractivity contribution in [3.05, 3.63) is 29.8 Å². The van der Waals surface area contributed by atoms with Crippen LogP contribution < -0.4 is 5.73 Å². The Bertz CT molecular complexity index is 254. The molecule has 1 aliphatic rings. The van der Waals surface area contributed by atoms with Gasteiger partial charge in [-0.3, -0.25) is 0 Å². The largest absolute Gasteiger partial charge is 0.315 e. The first-order valence-electron chi connectivity index (χ1n) is 4.03. The summed E-state index contributed by atoms with van der Waals surface area (Å²) in [5.74, 6) is 0. The van der Waals surface area contributed by atoms with Gasteiger partial charge in [-0.05, 0) is 17.1 Å². The van der Waals surface area contributed by atoms with Crippen molar-refractivity contribution in [2.24, 2.45) is 11.1 Å². The van der Waals surface area contributed by atoms with Gasteiger partial charge in [0.2, 0.25) is 0 Å². The van der Waals surface area contributed by atoms with Gasteiger partial charge in [0, 0.05) is 0 Å². The molecule has 3 N–H and O–H groups in total. The Morgan fingerprint density at radius 3 is 2.25 bits per heavy atom. The Balaban J connectivity index is 2.91. The number of nitrogens with one attached hydrogen (secondary N) is 1. The van der Waals surface area contributed by atoms with Gasteiger partial charge in [0.1, 0.15) is 6.04 Å². The molecule has 0 aromatic rings. The summed E-state index contributed by atoms with van der Waals surface area (Å²) >= 11 is 0. The number of hydrogen-bond donors (Lipinski definition) is 2. The van der Waals surface area contributed by atoms with Crippen LogP contribution >= 0.6 is 0 Å². The van der Waals surface area contributed by atoms with Crippen molar-refractivity contribution in [1.82, 2.24) is 0 Å². The van der Waals surface area contributed by atoms with E-state index < -0.39 is 0 Å². The Morgan fingerprint density at radius 2 is 1.83 bits per heavy atom. The van der Waals surface area contributed by atoms with Crippen molar-refractivity contribution >= 4 is 5.71 Å². The molecule has 1 aliphatic carbocycles. The van der Waals surface area contributed by atoms with E-state index in [-0.39, 0.29) is 5.41 Å². The van der Waals surface area contributed by atoms with Crippen molar-refractivity contribution in [1.29, 1.82) is 5.41 Å². The standard InChI is InChI=1S/C10H15N2/c1-10(2,3)7-4-5-8(11)9(12)6-7/h4-6,12H,11H2,1-3H3. The highest BCUT2D eigenvalue weighted by Crippen LogP contribution is 2.28. The fraction of sp³-hybridized carbons (Fsp3) is 0.400. The number of hydrogen-bond acceptors (Lipinski definition) is 2. The maximum atomic E-state index is 7.52. The zero-order chi connectivity index (χ0) is 9.35. The molecular formula is C10H15N2. The number of nitrogens with two attached hydrogens (primary N) is 1. The van der Waals surface area contributed by atoms with E-state index in [9.17, 15) is 0 Å². The van der Waals surface area contributed by atoms with Crippen LogP contribution in [0.2, 0.25) is 0 Å². The minimum Gasteiger partial charge on any atom is -0.315 e. The fourth-order valence-corrected chi connectivity index (χ4v) is 1.02. The van der Waals surface area contributed by atoms with Gasteiger partial charge < -0.3 is 11.1 Å². The second-order valence-electron chi connectivity index (χ2n) is 4.05. The molecule has 0 atom stereocenters. The van der Waals surface area contributed by atoms with Crippen LogP contribution in [0.15, 0.2) is 23.8 Å². The fourth-order valence-electron chi connectivity index (χ4n) is 1.02. The smallest absolute Gasteiger partial charge is 0.104 e. The molecule has 0 amide bonds. The first-order chi connectivity index (χ1) is 5.41. The van der Waals surface area contributed by atoms with Gasteiger partial charge in [0.25, 0.3) is 0 Å². The molecule has 2 nitrogen and oxygen atoms in total. The second-order valence-corrected chi connectivity index (χ2v) is 4.05. The van der Waals surface area contributed by atoms with Gasteiger partial charge in [-0.15, -0.1) is 0 Å². The van der Waals surface area contributed by atoms with Crippen molar-refractivity contribution in [3.63, 3.8) is 0 Å². The molecule has 12 heavy (non-hydrogen) atoms. The number of allylic oxidation sites excluding steroid dienone is 2. The molecule has 0 bridgehead atoms. The lowest BCUT2D eigenvalue weighted by Gasteiger charge is -2.23. The van der Waals surface area contributed by atoms with Crippen LogP contribution in [0.3, 0.4) is 0 Å². The third kappa shape index (κ3) is 1.83. The van der Waals surface area contributed by atoms with Crippen LogP contribution in [0.5, 0.6) is 0 Å². The summed E-state index contributed by atoms with van der Waals surface area (Å²) in [4.78, 5) is 0. The molecule has 1 radical (unpaired) electrons. The Morgan fingerprint density at radius 1 is 1.25 bits per heavy atom. The maximum Gasteiger partial charge on any atom is 0.104 e. The molecule has 0 aromatic heterocycles. The molecule has 0 aliphatic heterocycles. The van der Waals surface area contributed by atoms with E-state index in [0.29, 0.717) is 11.8 Å². The van der Waals surface area contributed by atoms with Crippen molar-refractivity contribution in [3.8, 4) is 0 Å². The van der Waals surface area contributed by atoms with Gasteiger partial charge in [-0.2, -0.15) is 0 Å². The summed E-state index contributed by atoms with van der Waals surface area (Å²) in [7, 11) is 0. The molecule has 0 spiro atoms. The molecule has 0 unspecified atom stereocenters. The first-order valence-corrected chi connectivity index (χ1v) is 4.03. The highest BCUT2D eigenvalue weighted by Gasteiger charge is 2.19. The minimum atomic E-state index is 0.101. The van der Waals surface area contributed by atoms with Crippen LogP contribution in [0.4, 0.5) is 0 Å². The molecule has 0 aromatic carbocycles. The summed E-state index contributed by atoms with van der Waals surface area (Å²) in [5.41, 5.74) is 7.22. The van der Waals surface area contributed by atoms with E-state index in [0.717, 1.165) is 5.57 Å². The van der Waals surface area contributed by atoms with E-state index in [1.807, 2.05) is 12.2 Å². The zero-order valence-corrected chi connectivity index (χ0v) is 7.81. The third-order valence-electron chi connectivity index (χ3n) is 1.92. The van der Waals surface area contributed by atoms with Gasteiger partial charge in [0.05, 0.1) is 5.71 Å². The van der Waals surface area contributed by atoms with Crippen LogP contribution in [-0.2, 0) is 0 Å². The summed E-state index contributed by atoms with van der Waals surface area (Å²) in [6, 6.07) is 0.544. The molecule has 0 heterocycles. The van der Waals surface area contributed by atoms with Crippen LogP contribution in [0.1, 0.15) is 20.8 Å². The average molecular weight is 163 g/mol. The predicted molar refractivity (Wildman–Crippen MR) is 51.8 cm³/mol. The monoisotopic (exact) mass is 163 g/mol. The molecule has 1 rings (SSSR count). The van der Waals surface area contributed by atoms with Gasteiger partial charge >= 0.3 is 0 Å². The molecule has 0 saturated heterocycles. The summed E-state index contributed by atoms with van der Waals surface area (Å²) in [6.07, 6.45) is 5.60. The van der Waals surface area contributed by atoms with Gasteiger partial charge in [-0.1, -0.05) is 32.9 Å². The van der Waals surface area contributed by atoms with Gasteiger partial charge in [0.15, 0.2) is 0 Å². The molecular weight excluding hydrogens is 148 g/mol. The average Bonchev–Trinajstić information content (AvgIpc) is 1.92. The van der Waals surface area contributed by atoms with Crippen LogP contribution in [0.25, 0.3) is 0 Å². The molecule has 0 saturated carbocycles. The lowest BCUT2D eigenvalue weighted by atomic mass is 9.82. The molecule has 65 valence electrons. The van der Waals surface area contributed by atoms with Gasteiger partial charge in [-0.25, -0.2) is 0 Å². The second kappa shape index (κ2) is 2.87. The topological polar surface area (TPSA) is 49.9 Å². The summed E-state index contributed by atoms with van der Waals surface area (Å²) in [6.45, 7) is 6.37. The first kappa shape index (κ1) is 9.20. The lowest BCUT2D eigenvalue weighted by Crippen LogP contribution is -2.22. The molecule has 2 heteroatoms. The van der Waals surface area contributed by atoms with Crippen molar-refractivity contribution in [2.45, 2.75) is 20.8 Å². The van der Waals surface area contributed by atoms with E-state index in [4.69, 9.17) is 11.1 Å². The Kier molecular flexibility index (Phi) is 2.20. The number of rotatable bonds is 0. The molecule has 0 fully saturated rings. The van der Waals surface area contributed by atoms with Crippen LogP contribution in [0, 0.1) is 16.9 Å². The normalized spacial score (nSPS) is 19.7. The SMILES string of the molecule is CC(C)(C)C1=CC(=N)[C](N)C=C1. The van der Waals surface area contributed by atoms with Crippen LogP contribution in [-0.4, -0.2) is 5.71 Å². The minimum absolute atomic E-state index is 0.101. The maximum absolute atomic E-state index is 7.52. The predicted octanol–water partition coefficient (Wildman–Crippen LogP) is 2.04. The quantitative estimate of drug-likeness (QED) is 0.564. The van der Waals surface area contributed by atoms with E-state index in [2.05, 4.69) is 20.8 Å². The Hall–Kier alpha value is -0.890. The summed E-state index contributed by atoms with van der Waals surface area (Å²) in [5, 5.41) is 7.52. The van der Waals surface area contributed by atoms with Crippen molar-refractivity contribution < 1.29 is 0 Å². The van der Waals surface area contributed by atoms with E-state index >= 15 is 0 Å². The van der Waals surface area contributed by atoms with Crippen molar-refractivity contribution in [2.75, 3.05) is 0 Å². The Labute approximate surface area is 73.7 Å². The highest BCUT2D eigenvalue weighted by atomic mass is 14.7.